The number of hydrogen-bond acceptors (Lipinski definition) is 3. The van der Waals surface area contributed by atoms with Crippen molar-refractivity contribution in [2.75, 3.05) is 13.2 Å². The zero-order valence-corrected chi connectivity index (χ0v) is 19.2. The molecule has 1 unspecified atom stereocenters. The van der Waals surface area contributed by atoms with Crippen LogP contribution >= 0.6 is 0 Å². The lowest BCUT2D eigenvalue weighted by Crippen LogP contribution is -2.39. The van der Waals surface area contributed by atoms with E-state index in [-0.39, 0.29) is 11.7 Å². The normalized spacial score (nSPS) is 12.6. The maximum absolute atomic E-state index is 13.0. The molecule has 0 aliphatic carbocycles. The lowest BCUT2D eigenvalue weighted by atomic mass is 9.87. The lowest BCUT2D eigenvalue weighted by molar-refractivity contribution is 0.0957. The molecule has 0 fully saturated rings. The number of ketones is 1. The van der Waals surface area contributed by atoms with Crippen molar-refractivity contribution in [3.05, 3.63) is 64.7 Å². The molecule has 158 valence electrons. The number of aryl methyl sites for hydroxylation is 2. The smallest absolute Gasteiger partial charge is 0.170 e. The Bertz CT molecular complexity index is 765. The third-order valence-electron chi connectivity index (χ3n) is 5.59. The van der Waals surface area contributed by atoms with Crippen molar-refractivity contribution in [2.24, 2.45) is 0 Å². The summed E-state index contributed by atoms with van der Waals surface area (Å²) in [6.07, 6.45) is 0.782. The van der Waals surface area contributed by atoms with E-state index in [0.717, 1.165) is 41.0 Å². The van der Waals surface area contributed by atoms with Gasteiger partial charge in [0.2, 0.25) is 0 Å². The van der Waals surface area contributed by atoms with Crippen LogP contribution in [0.1, 0.15) is 74.0 Å². The van der Waals surface area contributed by atoms with Crippen LogP contribution in [-0.2, 0) is 0 Å². The van der Waals surface area contributed by atoms with Gasteiger partial charge in [-0.3, -0.25) is 9.69 Å². The van der Waals surface area contributed by atoms with Crippen molar-refractivity contribution in [3.8, 4) is 5.75 Å². The van der Waals surface area contributed by atoms with Gasteiger partial charge >= 0.3 is 0 Å². The van der Waals surface area contributed by atoms with Gasteiger partial charge in [0.25, 0.3) is 0 Å². The summed E-state index contributed by atoms with van der Waals surface area (Å²) in [6.45, 7) is 16.7. The topological polar surface area (TPSA) is 29.5 Å². The van der Waals surface area contributed by atoms with Gasteiger partial charge in [-0.15, -0.1) is 0 Å². The van der Waals surface area contributed by atoms with Crippen molar-refractivity contribution in [3.63, 3.8) is 0 Å². The molecule has 0 saturated heterocycles. The fourth-order valence-electron chi connectivity index (χ4n) is 4.15. The second-order valence-electron chi connectivity index (χ2n) is 8.45. The molecular weight excluding hydrogens is 358 g/mol. The van der Waals surface area contributed by atoms with E-state index in [1.165, 1.54) is 0 Å². The van der Waals surface area contributed by atoms with E-state index >= 15 is 0 Å². The molecule has 0 heterocycles. The monoisotopic (exact) mass is 395 g/mol. The van der Waals surface area contributed by atoms with Crippen LogP contribution in [0, 0.1) is 13.8 Å². The molecule has 0 saturated carbocycles. The Balaban J connectivity index is 2.16. The number of rotatable bonds is 10. The maximum Gasteiger partial charge on any atom is 0.170 e. The molecule has 3 nitrogen and oxygen atoms in total. The molecular formula is C26H37NO2. The lowest BCUT2D eigenvalue weighted by Gasteiger charge is -2.30. The summed E-state index contributed by atoms with van der Waals surface area (Å²) >= 11 is 0. The minimum atomic E-state index is -0.124. The van der Waals surface area contributed by atoms with Gasteiger partial charge in [-0.1, -0.05) is 49.4 Å². The largest absolute Gasteiger partial charge is 0.492 e. The molecule has 2 aromatic carbocycles. The van der Waals surface area contributed by atoms with Crippen LogP contribution < -0.4 is 4.74 Å². The molecule has 0 aliphatic rings. The van der Waals surface area contributed by atoms with Gasteiger partial charge in [0, 0.05) is 30.1 Å². The van der Waals surface area contributed by atoms with Crippen LogP contribution in [0.3, 0.4) is 0 Å². The van der Waals surface area contributed by atoms with Gasteiger partial charge in [-0.25, -0.2) is 0 Å². The average molecular weight is 396 g/mol. The van der Waals surface area contributed by atoms with E-state index in [2.05, 4.69) is 65.5 Å². The summed E-state index contributed by atoms with van der Waals surface area (Å²) < 4.78 is 6.19. The van der Waals surface area contributed by atoms with Crippen molar-refractivity contribution in [1.82, 2.24) is 4.90 Å². The Morgan fingerprint density at radius 1 is 0.966 bits per heavy atom. The zero-order chi connectivity index (χ0) is 21.6. The van der Waals surface area contributed by atoms with Gasteiger partial charge < -0.3 is 4.74 Å². The minimum absolute atomic E-state index is 0.124. The highest BCUT2D eigenvalue weighted by Gasteiger charge is 2.22. The molecule has 0 aliphatic heterocycles. The van der Waals surface area contributed by atoms with Crippen molar-refractivity contribution >= 4 is 5.78 Å². The minimum Gasteiger partial charge on any atom is -0.492 e. The highest BCUT2D eigenvalue weighted by molar-refractivity contribution is 6.01. The summed E-state index contributed by atoms with van der Waals surface area (Å²) in [7, 11) is 0. The van der Waals surface area contributed by atoms with E-state index in [1.807, 2.05) is 30.3 Å². The highest BCUT2D eigenvalue weighted by Crippen LogP contribution is 2.31. The Morgan fingerprint density at radius 2 is 1.52 bits per heavy atom. The van der Waals surface area contributed by atoms with Crippen LogP contribution in [0.2, 0.25) is 0 Å². The maximum atomic E-state index is 13.0. The number of carbonyl (C=O) groups excluding carboxylic acids is 1. The third-order valence-corrected chi connectivity index (χ3v) is 5.59. The summed E-state index contributed by atoms with van der Waals surface area (Å²) in [5.74, 6) is 1.01. The molecule has 0 bridgehead atoms. The van der Waals surface area contributed by atoms with Crippen molar-refractivity contribution in [2.45, 2.75) is 72.9 Å². The number of ether oxygens (including phenoxy) is 1. The predicted molar refractivity (Wildman–Crippen MR) is 122 cm³/mol. The van der Waals surface area contributed by atoms with E-state index in [4.69, 9.17) is 4.74 Å². The second kappa shape index (κ2) is 10.6. The molecule has 1 atom stereocenters. The average Bonchev–Trinajstić information content (AvgIpc) is 2.67. The highest BCUT2D eigenvalue weighted by atomic mass is 16.5. The molecule has 29 heavy (non-hydrogen) atoms. The van der Waals surface area contributed by atoms with E-state index < -0.39 is 0 Å². The van der Waals surface area contributed by atoms with Gasteiger partial charge in [0.05, 0.1) is 0 Å². The van der Waals surface area contributed by atoms with Crippen LogP contribution in [-0.4, -0.2) is 35.9 Å². The fraction of sp³-hybridized carbons (Fsp3) is 0.500. The SMILES string of the molecule is CCC(C(=O)c1ccccc1)c1cc(C)c(OCCN(C(C)C)C(C)C)c(C)c1. The summed E-state index contributed by atoms with van der Waals surface area (Å²) in [4.78, 5) is 15.5. The number of benzene rings is 2. The molecule has 0 radical (unpaired) electrons. The third kappa shape index (κ3) is 5.93. The van der Waals surface area contributed by atoms with Gasteiger partial charge in [-0.05, 0) is 64.7 Å². The molecule has 0 aromatic heterocycles. The summed E-state index contributed by atoms with van der Waals surface area (Å²) in [5.41, 5.74) is 4.05. The number of hydrogen-bond donors (Lipinski definition) is 0. The zero-order valence-electron chi connectivity index (χ0n) is 19.2. The number of nitrogens with zero attached hydrogens (tertiary/aromatic N) is 1. The number of Topliss-reactive ketones (excluding diaryl/α,β-unsaturated/α-hetero) is 1. The van der Waals surface area contributed by atoms with Gasteiger partial charge in [-0.2, -0.15) is 0 Å². The van der Waals surface area contributed by atoms with Gasteiger partial charge in [0.1, 0.15) is 12.4 Å². The Kier molecular flexibility index (Phi) is 8.45. The van der Waals surface area contributed by atoms with E-state index in [9.17, 15) is 4.79 Å². The fourth-order valence-corrected chi connectivity index (χ4v) is 4.15. The van der Waals surface area contributed by atoms with Crippen LogP contribution in [0.25, 0.3) is 0 Å². The van der Waals surface area contributed by atoms with E-state index in [0.29, 0.717) is 18.7 Å². The first-order valence-corrected chi connectivity index (χ1v) is 10.8. The Hall–Kier alpha value is -2.13. The first-order chi connectivity index (χ1) is 13.8. The van der Waals surface area contributed by atoms with Gasteiger partial charge in [0.15, 0.2) is 5.78 Å². The van der Waals surface area contributed by atoms with E-state index in [1.54, 1.807) is 0 Å². The number of carbonyl (C=O) groups is 1. The Labute approximate surface area is 177 Å². The molecule has 2 rings (SSSR count). The quantitative estimate of drug-likeness (QED) is 0.450. The van der Waals surface area contributed by atoms with Crippen LogP contribution in [0.4, 0.5) is 0 Å². The van der Waals surface area contributed by atoms with Crippen molar-refractivity contribution < 1.29 is 9.53 Å². The molecule has 0 spiro atoms. The molecule has 0 N–H and O–H groups in total. The van der Waals surface area contributed by atoms with Crippen LogP contribution in [0.15, 0.2) is 42.5 Å². The molecule has 3 heteroatoms. The summed E-state index contributed by atoms with van der Waals surface area (Å²) in [5, 5.41) is 0. The first kappa shape index (κ1) is 23.2. The van der Waals surface area contributed by atoms with Crippen LogP contribution in [0.5, 0.6) is 5.75 Å². The summed E-state index contributed by atoms with van der Waals surface area (Å²) in [6, 6.07) is 14.8. The predicted octanol–water partition coefficient (Wildman–Crippen LogP) is 6.18. The second-order valence-corrected chi connectivity index (χ2v) is 8.45. The molecule has 0 amide bonds. The molecule has 2 aromatic rings. The Morgan fingerprint density at radius 3 is 2.00 bits per heavy atom. The first-order valence-electron chi connectivity index (χ1n) is 10.8. The van der Waals surface area contributed by atoms with Crippen molar-refractivity contribution in [1.29, 1.82) is 0 Å². The standard InChI is InChI=1S/C26H37NO2/c1-8-24(25(28)22-12-10-9-11-13-22)23-16-20(6)26(21(7)17-23)29-15-14-27(18(2)3)19(4)5/h9-13,16-19,24H,8,14-15H2,1-7H3.